The molecule has 0 aliphatic carbocycles. The zero-order chi connectivity index (χ0) is 16.5. The highest BCUT2D eigenvalue weighted by Crippen LogP contribution is 2.18. The lowest BCUT2D eigenvalue weighted by atomic mass is 10.2. The van der Waals surface area contributed by atoms with E-state index in [2.05, 4.69) is 20.5 Å². The van der Waals surface area contributed by atoms with Gasteiger partial charge in [0.15, 0.2) is 4.77 Å². The minimum absolute atomic E-state index is 0.242. The van der Waals surface area contributed by atoms with Gasteiger partial charge in [0.25, 0.3) is 5.91 Å². The molecule has 3 N–H and O–H groups in total. The number of aromatic amines is 2. The highest BCUT2D eigenvalue weighted by Gasteiger charge is 2.14. The maximum absolute atomic E-state index is 12.7. The molecule has 2 heterocycles. The van der Waals surface area contributed by atoms with E-state index in [1.54, 1.807) is 17.0 Å². The number of amides is 1. The standard InChI is InChI=1S/C17H13N5OS/c23-16(20-12-6-7-14-11(8-12)9-19-21-14)15-10-18-17(24)22(15)13-4-2-1-3-5-13/h1-10H,(H,18,24)(H,19,21)(H,20,23). The maximum atomic E-state index is 12.7. The van der Waals surface area contributed by atoms with E-state index in [1.807, 2.05) is 48.5 Å². The Hall–Kier alpha value is -3.19. The summed E-state index contributed by atoms with van der Waals surface area (Å²) in [5.41, 5.74) is 2.89. The normalized spacial score (nSPS) is 10.8. The van der Waals surface area contributed by atoms with E-state index in [4.69, 9.17) is 12.2 Å². The topological polar surface area (TPSA) is 78.5 Å². The Morgan fingerprint density at radius 3 is 2.83 bits per heavy atom. The van der Waals surface area contributed by atoms with Gasteiger partial charge in [-0.3, -0.25) is 14.5 Å². The van der Waals surface area contributed by atoms with Gasteiger partial charge in [-0.2, -0.15) is 5.10 Å². The molecule has 2 aromatic carbocycles. The van der Waals surface area contributed by atoms with Crippen molar-refractivity contribution in [2.24, 2.45) is 0 Å². The Morgan fingerprint density at radius 2 is 2.00 bits per heavy atom. The zero-order valence-electron chi connectivity index (χ0n) is 12.5. The second-order valence-electron chi connectivity index (χ2n) is 5.28. The van der Waals surface area contributed by atoms with E-state index in [0.29, 0.717) is 16.2 Å². The number of fused-ring (bicyclic) bond motifs is 1. The summed E-state index contributed by atoms with van der Waals surface area (Å²) in [6.07, 6.45) is 3.33. The second-order valence-corrected chi connectivity index (χ2v) is 5.66. The van der Waals surface area contributed by atoms with E-state index in [-0.39, 0.29) is 5.91 Å². The molecule has 7 heteroatoms. The third-order valence-corrected chi connectivity index (χ3v) is 4.02. The number of aromatic nitrogens is 4. The minimum atomic E-state index is -0.242. The largest absolute Gasteiger partial charge is 0.336 e. The van der Waals surface area contributed by atoms with Crippen molar-refractivity contribution in [2.75, 3.05) is 5.32 Å². The number of rotatable bonds is 3. The molecule has 2 aromatic heterocycles. The number of H-pyrrole nitrogens is 2. The fourth-order valence-electron chi connectivity index (χ4n) is 2.58. The first-order valence-corrected chi connectivity index (χ1v) is 7.73. The molecule has 0 aliphatic heterocycles. The van der Waals surface area contributed by atoms with Gasteiger partial charge in [0.05, 0.1) is 11.7 Å². The lowest BCUT2D eigenvalue weighted by Gasteiger charge is -2.09. The van der Waals surface area contributed by atoms with Gasteiger partial charge in [-0.1, -0.05) is 18.2 Å². The average molecular weight is 335 g/mol. The average Bonchev–Trinajstić information content (AvgIpc) is 3.21. The van der Waals surface area contributed by atoms with Gasteiger partial charge >= 0.3 is 0 Å². The van der Waals surface area contributed by atoms with Crippen LogP contribution in [0, 0.1) is 4.77 Å². The molecule has 0 saturated heterocycles. The predicted octanol–water partition coefficient (Wildman–Crippen LogP) is 3.66. The number of anilines is 1. The van der Waals surface area contributed by atoms with Gasteiger partial charge in [-0.15, -0.1) is 0 Å². The van der Waals surface area contributed by atoms with Crippen molar-refractivity contribution in [1.29, 1.82) is 0 Å². The van der Waals surface area contributed by atoms with Crippen molar-refractivity contribution >= 4 is 34.7 Å². The van der Waals surface area contributed by atoms with Gasteiger partial charge in [0.1, 0.15) is 5.69 Å². The number of benzene rings is 2. The van der Waals surface area contributed by atoms with E-state index >= 15 is 0 Å². The summed E-state index contributed by atoms with van der Waals surface area (Å²) in [5.74, 6) is -0.242. The smallest absolute Gasteiger partial charge is 0.274 e. The molecular weight excluding hydrogens is 322 g/mol. The molecule has 0 unspecified atom stereocenters. The fraction of sp³-hybridized carbons (Fsp3) is 0. The summed E-state index contributed by atoms with van der Waals surface area (Å²) >= 11 is 5.31. The lowest BCUT2D eigenvalue weighted by molar-refractivity contribution is 0.102. The number of hydrogen-bond donors (Lipinski definition) is 3. The van der Waals surface area contributed by atoms with Crippen molar-refractivity contribution in [3.63, 3.8) is 0 Å². The van der Waals surface area contributed by atoms with Crippen molar-refractivity contribution in [3.8, 4) is 5.69 Å². The zero-order valence-corrected chi connectivity index (χ0v) is 13.3. The van der Waals surface area contributed by atoms with E-state index < -0.39 is 0 Å². The Labute approximate surface area is 142 Å². The molecule has 0 atom stereocenters. The van der Waals surface area contributed by atoms with E-state index in [1.165, 1.54) is 0 Å². The molecule has 1 amide bonds. The Balaban J connectivity index is 1.69. The van der Waals surface area contributed by atoms with Crippen molar-refractivity contribution in [3.05, 3.63) is 71.4 Å². The number of nitrogens with zero attached hydrogens (tertiary/aromatic N) is 2. The van der Waals surface area contributed by atoms with Gasteiger partial charge in [0, 0.05) is 23.0 Å². The number of imidazole rings is 1. The van der Waals surface area contributed by atoms with Gasteiger partial charge in [0.2, 0.25) is 0 Å². The maximum Gasteiger partial charge on any atom is 0.274 e. The molecule has 4 rings (SSSR count). The molecule has 24 heavy (non-hydrogen) atoms. The van der Waals surface area contributed by atoms with Gasteiger partial charge in [-0.25, -0.2) is 0 Å². The molecule has 0 aliphatic rings. The monoisotopic (exact) mass is 335 g/mol. The van der Waals surface area contributed by atoms with Crippen LogP contribution in [0.3, 0.4) is 0 Å². The van der Waals surface area contributed by atoms with Crippen LogP contribution in [-0.4, -0.2) is 25.7 Å². The SMILES string of the molecule is O=C(Nc1ccc2[nH]ncc2c1)c1c[nH]c(=S)n1-c1ccccc1. The van der Waals surface area contributed by atoms with Crippen LogP contribution < -0.4 is 5.32 Å². The molecule has 0 radical (unpaired) electrons. The van der Waals surface area contributed by atoms with Crippen LogP contribution in [0.2, 0.25) is 0 Å². The first-order chi connectivity index (χ1) is 11.7. The molecule has 118 valence electrons. The highest BCUT2D eigenvalue weighted by molar-refractivity contribution is 7.71. The fourth-order valence-corrected chi connectivity index (χ4v) is 2.85. The first kappa shape index (κ1) is 14.4. The van der Waals surface area contributed by atoms with E-state index in [9.17, 15) is 4.79 Å². The number of carbonyl (C=O) groups is 1. The van der Waals surface area contributed by atoms with Crippen molar-refractivity contribution in [1.82, 2.24) is 19.7 Å². The number of para-hydroxylation sites is 1. The minimum Gasteiger partial charge on any atom is -0.336 e. The summed E-state index contributed by atoms with van der Waals surface area (Å²) in [6.45, 7) is 0. The molecule has 0 spiro atoms. The quantitative estimate of drug-likeness (QED) is 0.500. The third kappa shape index (κ3) is 2.50. The number of nitrogens with one attached hydrogen (secondary N) is 3. The summed E-state index contributed by atoms with van der Waals surface area (Å²) in [4.78, 5) is 15.6. The molecule has 0 fully saturated rings. The predicted molar refractivity (Wildman–Crippen MR) is 95.0 cm³/mol. The van der Waals surface area contributed by atoms with Crippen LogP contribution in [0.15, 0.2) is 60.9 Å². The van der Waals surface area contributed by atoms with E-state index in [0.717, 1.165) is 16.6 Å². The van der Waals surface area contributed by atoms with Crippen LogP contribution >= 0.6 is 12.2 Å². The van der Waals surface area contributed by atoms with Gasteiger partial charge < -0.3 is 10.3 Å². The van der Waals surface area contributed by atoms with Crippen LogP contribution in [0.4, 0.5) is 5.69 Å². The van der Waals surface area contributed by atoms with Gasteiger partial charge in [-0.05, 0) is 42.5 Å². The number of carbonyl (C=O) groups excluding carboxylic acids is 1. The van der Waals surface area contributed by atoms with Crippen molar-refractivity contribution in [2.45, 2.75) is 0 Å². The summed E-state index contributed by atoms with van der Waals surface area (Å²) < 4.78 is 2.18. The third-order valence-electron chi connectivity index (χ3n) is 3.72. The summed E-state index contributed by atoms with van der Waals surface area (Å²) in [7, 11) is 0. The second kappa shape index (κ2) is 5.78. The first-order valence-electron chi connectivity index (χ1n) is 7.33. The van der Waals surface area contributed by atoms with Crippen LogP contribution in [0.1, 0.15) is 10.5 Å². The summed E-state index contributed by atoms with van der Waals surface area (Å²) in [5, 5.41) is 10.7. The molecular formula is C17H13N5OS. The Morgan fingerprint density at radius 1 is 1.17 bits per heavy atom. The Bertz CT molecular complexity index is 1080. The summed E-state index contributed by atoms with van der Waals surface area (Å²) in [6, 6.07) is 15.1. The van der Waals surface area contributed by atoms with Crippen LogP contribution in [0.25, 0.3) is 16.6 Å². The molecule has 4 aromatic rings. The molecule has 6 nitrogen and oxygen atoms in total. The molecule has 0 bridgehead atoms. The van der Waals surface area contributed by atoms with Crippen molar-refractivity contribution < 1.29 is 4.79 Å². The van der Waals surface area contributed by atoms with Crippen LogP contribution in [-0.2, 0) is 0 Å². The van der Waals surface area contributed by atoms with Crippen LogP contribution in [0.5, 0.6) is 0 Å². The lowest BCUT2D eigenvalue weighted by Crippen LogP contribution is -2.16. The Kier molecular flexibility index (Phi) is 3.47. The highest BCUT2D eigenvalue weighted by atomic mass is 32.1. The molecule has 0 saturated carbocycles. The number of hydrogen-bond acceptors (Lipinski definition) is 3.